The summed E-state index contributed by atoms with van der Waals surface area (Å²) >= 11 is 0. The molecule has 1 aromatic carbocycles. The van der Waals surface area contributed by atoms with Crippen LogP contribution in [-0.4, -0.2) is 10.7 Å². The lowest BCUT2D eigenvalue weighted by Gasteiger charge is -2.04. The highest BCUT2D eigenvalue weighted by Gasteiger charge is 2.49. The number of hydrogen-bond acceptors (Lipinski definition) is 2. The average molecular weight is 262 g/mol. The first-order chi connectivity index (χ1) is 9.63. The summed E-state index contributed by atoms with van der Waals surface area (Å²) in [4.78, 5) is 8.93. The number of benzene rings is 1. The molecule has 1 aliphatic carbocycles. The minimum atomic E-state index is 0.467. The summed E-state index contributed by atoms with van der Waals surface area (Å²) < 4.78 is 0. The third-order valence-corrected chi connectivity index (χ3v) is 4.64. The summed E-state index contributed by atoms with van der Waals surface area (Å²) in [6.07, 6.45) is 6.01. The molecule has 1 aliphatic heterocycles. The molecular weight excluding hydrogens is 244 g/mol. The predicted octanol–water partition coefficient (Wildman–Crippen LogP) is 4.42. The lowest BCUT2D eigenvalue weighted by molar-refractivity contribution is 0.620. The van der Waals surface area contributed by atoms with Gasteiger partial charge in [-0.25, -0.2) is 0 Å². The van der Waals surface area contributed by atoms with E-state index in [0.717, 1.165) is 6.42 Å². The van der Waals surface area contributed by atoms with Crippen LogP contribution in [0.5, 0.6) is 0 Å². The van der Waals surface area contributed by atoms with Gasteiger partial charge < -0.3 is 0 Å². The molecule has 0 bridgehead atoms. The van der Waals surface area contributed by atoms with Crippen molar-refractivity contribution in [3.05, 3.63) is 48.3 Å². The van der Waals surface area contributed by atoms with E-state index >= 15 is 0 Å². The van der Waals surface area contributed by atoms with Crippen LogP contribution in [0, 0.1) is 11.3 Å². The summed E-state index contributed by atoms with van der Waals surface area (Å²) in [7, 11) is 0. The topological polar surface area (TPSA) is 25.2 Å². The zero-order chi connectivity index (χ0) is 13.7. The van der Waals surface area contributed by atoms with Crippen molar-refractivity contribution in [2.75, 3.05) is 0 Å². The van der Waals surface area contributed by atoms with Crippen LogP contribution in [0.15, 0.2) is 47.7 Å². The SMILES string of the molecule is CC1(C)CC1C1=Nc2ccc(-c3ccncc3)cc2C1. The highest BCUT2D eigenvalue weighted by Crippen LogP contribution is 2.54. The fourth-order valence-electron chi connectivity index (χ4n) is 3.19. The monoisotopic (exact) mass is 262 g/mol. The van der Waals surface area contributed by atoms with E-state index in [1.807, 2.05) is 12.4 Å². The van der Waals surface area contributed by atoms with Gasteiger partial charge in [0, 0.05) is 30.4 Å². The summed E-state index contributed by atoms with van der Waals surface area (Å²) in [5.41, 5.74) is 6.88. The highest BCUT2D eigenvalue weighted by atomic mass is 14.8. The number of aliphatic imine (C=N–C) groups is 1. The molecule has 2 aliphatic rings. The third-order valence-electron chi connectivity index (χ3n) is 4.64. The highest BCUT2D eigenvalue weighted by molar-refractivity contribution is 5.98. The van der Waals surface area contributed by atoms with Gasteiger partial charge >= 0.3 is 0 Å². The molecule has 0 saturated heterocycles. The Balaban J connectivity index is 1.64. The zero-order valence-electron chi connectivity index (χ0n) is 11.9. The molecule has 1 aromatic heterocycles. The quantitative estimate of drug-likeness (QED) is 0.786. The van der Waals surface area contributed by atoms with Crippen LogP contribution in [0.3, 0.4) is 0 Å². The Morgan fingerprint density at radius 3 is 2.50 bits per heavy atom. The molecule has 2 nitrogen and oxygen atoms in total. The number of hydrogen-bond donors (Lipinski definition) is 0. The van der Waals surface area contributed by atoms with Crippen molar-refractivity contribution in [1.82, 2.24) is 4.98 Å². The van der Waals surface area contributed by atoms with Crippen molar-refractivity contribution in [1.29, 1.82) is 0 Å². The van der Waals surface area contributed by atoms with E-state index in [4.69, 9.17) is 4.99 Å². The van der Waals surface area contributed by atoms with Gasteiger partial charge in [-0.05, 0) is 52.8 Å². The van der Waals surface area contributed by atoms with Crippen molar-refractivity contribution in [3.63, 3.8) is 0 Å². The van der Waals surface area contributed by atoms with Gasteiger partial charge in [0.1, 0.15) is 0 Å². The van der Waals surface area contributed by atoms with E-state index in [-0.39, 0.29) is 0 Å². The van der Waals surface area contributed by atoms with E-state index in [0.29, 0.717) is 11.3 Å². The lowest BCUT2D eigenvalue weighted by Crippen LogP contribution is -2.05. The van der Waals surface area contributed by atoms with E-state index < -0.39 is 0 Å². The van der Waals surface area contributed by atoms with Crippen molar-refractivity contribution < 1.29 is 0 Å². The number of aromatic nitrogens is 1. The number of rotatable bonds is 2. The minimum absolute atomic E-state index is 0.467. The summed E-state index contributed by atoms with van der Waals surface area (Å²) in [6, 6.07) is 10.7. The van der Waals surface area contributed by atoms with Crippen LogP contribution in [-0.2, 0) is 6.42 Å². The van der Waals surface area contributed by atoms with Gasteiger partial charge in [-0.15, -0.1) is 0 Å². The predicted molar refractivity (Wildman–Crippen MR) is 82.4 cm³/mol. The molecule has 100 valence electrons. The van der Waals surface area contributed by atoms with Crippen LogP contribution in [0.1, 0.15) is 25.8 Å². The fraction of sp³-hybridized carbons (Fsp3) is 0.333. The zero-order valence-corrected chi connectivity index (χ0v) is 11.9. The molecule has 4 rings (SSSR count). The lowest BCUT2D eigenvalue weighted by atomic mass is 9.99. The van der Waals surface area contributed by atoms with Gasteiger partial charge in [0.2, 0.25) is 0 Å². The first-order valence-electron chi connectivity index (χ1n) is 7.24. The maximum Gasteiger partial charge on any atom is 0.0665 e. The Morgan fingerprint density at radius 2 is 1.80 bits per heavy atom. The fourth-order valence-corrected chi connectivity index (χ4v) is 3.19. The molecule has 1 atom stereocenters. The molecule has 2 heteroatoms. The summed E-state index contributed by atoms with van der Waals surface area (Å²) in [6.45, 7) is 4.68. The maximum absolute atomic E-state index is 4.85. The van der Waals surface area contributed by atoms with Gasteiger partial charge in [0.15, 0.2) is 0 Å². The van der Waals surface area contributed by atoms with Gasteiger partial charge in [-0.2, -0.15) is 0 Å². The van der Waals surface area contributed by atoms with E-state index in [9.17, 15) is 0 Å². The van der Waals surface area contributed by atoms with E-state index in [2.05, 4.69) is 49.2 Å². The normalized spacial score (nSPS) is 22.3. The second kappa shape index (κ2) is 4.02. The Bertz CT molecular complexity index is 699. The summed E-state index contributed by atoms with van der Waals surface area (Å²) in [5, 5.41) is 0. The smallest absolute Gasteiger partial charge is 0.0665 e. The minimum Gasteiger partial charge on any atom is -0.265 e. The Hall–Kier alpha value is -1.96. The first-order valence-corrected chi connectivity index (χ1v) is 7.24. The molecule has 20 heavy (non-hydrogen) atoms. The van der Waals surface area contributed by atoms with Crippen LogP contribution < -0.4 is 0 Å². The van der Waals surface area contributed by atoms with Crippen LogP contribution in [0.4, 0.5) is 5.69 Å². The van der Waals surface area contributed by atoms with Crippen LogP contribution >= 0.6 is 0 Å². The standard InChI is InChI=1S/C18H18N2/c1-18(2)11-15(18)17-10-14-9-13(3-4-16(14)20-17)12-5-7-19-8-6-12/h3-9,15H,10-11H2,1-2H3. The first kappa shape index (κ1) is 11.8. The van der Waals surface area contributed by atoms with E-state index in [1.165, 1.54) is 34.5 Å². The van der Waals surface area contributed by atoms with Crippen molar-refractivity contribution in [2.45, 2.75) is 26.7 Å². The molecule has 2 aromatic rings. The molecule has 0 radical (unpaired) electrons. The molecule has 0 N–H and O–H groups in total. The molecule has 0 spiro atoms. The molecule has 1 unspecified atom stereocenters. The Labute approximate surface area is 119 Å². The molecule has 1 saturated carbocycles. The van der Waals surface area contributed by atoms with Gasteiger partial charge in [-0.1, -0.05) is 19.9 Å². The number of fused-ring (bicyclic) bond motifs is 1. The average Bonchev–Trinajstić information content (AvgIpc) is 2.92. The molecular formula is C18H18N2. The maximum atomic E-state index is 4.85. The summed E-state index contributed by atoms with van der Waals surface area (Å²) in [5.74, 6) is 0.694. The Kier molecular flexibility index (Phi) is 2.38. The third kappa shape index (κ3) is 1.87. The molecule has 1 fully saturated rings. The second-order valence-corrected chi connectivity index (χ2v) is 6.60. The van der Waals surface area contributed by atoms with Crippen molar-refractivity contribution in [2.24, 2.45) is 16.3 Å². The van der Waals surface area contributed by atoms with Gasteiger partial charge in [0.25, 0.3) is 0 Å². The van der Waals surface area contributed by atoms with Gasteiger partial charge in [-0.3, -0.25) is 9.98 Å². The second-order valence-electron chi connectivity index (χ2n) is 6.60. The van der Waals surface area contributed by atoms with Crippen molar-refractivity contribution >= 4 is 11.4 Å². The van der Waals surface area contributed by atoms with E-state index in [1.54, 1.807) is 0 Å². The van der Waals surface area contributed by atoms with Crippen LogP contribution in [0.25, 0.3) is 11.1 Å². The largest absolute Gasteiger partial charge is 0.265 e. The van der Waals surface area contributed by atoms with Crippen molar-refractivity contribution in [3.8, 4) is 11.1 Å². The van der Waals surface area contributed by atoms with Gasteiger partial charge in [0.05, 0.1) is 5.69 Å². The molecule has 0 amide bonds. The van der Waals surface area contributed by atoms with Crippen LogP contribution in [0.2, 0.25) is 0 Å². The Morgan fingerprint density at radius 1 is 1.05 bits per heavy atom. The number of nitrogens with zero attached hydrogens (tertiary/aromatic N) is 2. The molecule has 2 heterocycles. The number of pyridine rings is 1.